The fourth-order valence-corrected chi connectivity index (χ4v) is 4.83. The fourth-order valence-electron chi connectivity index (χ4n) is 3.85. The molecule has 0 atom stereocenters. The molecular weight excluding hydrogens is 380 g/mol. The van der Waals surface area contributed by atoms with Gasteiger partial charge in [0.15, 0.2) is 0 Å². The van der Waals surface area contributed by atoms with E-state index in [-0.39, 0.29) is 11.8 Å². The van der Waals surface area contributed by atoms with E-state index in [9.17, 15) is 9.59 Å². The molecule has 2 fully saturated rings. The molecule has 0 aromatic heterocycles. The predicted octanol–water partition coefficient (Wildman–Crippen LogP) is 4.46. The number of benzene rings is 1. The molecule has 0 aliphatic carbocycles. The number of piperidine rings is 2. The van der Waals surface area contributed by atoms with E-state index in [0.717, 1.165) is 69.1 Å². The summed E-state index contributed by atoms with van der Waals surface area (Å²) in [6.45, 7) is 3.30. The van der Waals surface area contributed by atoms with Crippen molar-refractivity contribution in [3.8, 4) is 0 Å². The van der Waals surface area contributed by atoms with Crippen LogP contribution in [0.25, 0.3) is 0 Å². The van der Waals surface area contributed by atoms with Gasteiger partial charge in [0, 0.05) is 48.4 Å². The molecule has 4 nitrogen and oxygen atoms in total. The van der Waals surface area contributed by atoms with Gasteiger partial charge in [0.25, 0.3) is 0 Å². The average molecular weight is 409 g/mol. The lowest BCUT2D eigenvalue weighted by Gasteiger charge is -2.35. The first-order chi connectivity index (χ1) is 13.1. The molecular formula is C21H29ClN2O2S. The molecule has 1 aromatic rings. The van der Waals surface area contributed by atoms with Gasteiger partial charge in [-0.3, -0.25) is 9.59 Å². The summed E-state index contributed by atoms with van der Waals surface area (Å²) < 4.78 is 0. The van der Waals surface area contributed by atoms with Crippen molar-refractivity contribution < 1.29 is 9.59 Å². The van der Waals surface area contributed by atoms with E-state index in [0.29, 0.717) is 12.3 Å². The molecule has 6 heteroatoms. The van der Waals surface area contributed by atoms with Crippen LogP contribution < -0.4 is 0 Å². The number of halogens is 1. The summed E-state index contributed by atoms with van der Waals surface area (Å²) in [5, 5.41) is 0.747. The molecule has 0 saturated carbocycles. The molecule has 1 aromatic carbocycles. The smallest absolute Gasteiger partial charge is 0.225 e. The molecule has 2 aliphatic rings. The summed E-state index contributed by atoms with van der Waals surface area (Å²) in [5.74, 6) is 1.60. The monoisotopic (exact) mass is 408 g/mol. The van der Waals surface area contributed by atoms with Crippen molar-refractivity contribution in [2.75, 3.05) is 31.9 Å². The van der Waals surface area contributed by atoms with Crippen molar-refractivity contribution in [2.45, 2.75) is 49.8 Å². The van der Waals surface area contributed by atoms with Crippen molar-refractivity contribution >= 4 is 35.2 Å². The standard InChI is InChI=1S/C21H29ClN2O2S/c22-18-6-8-19(9-7-18)27-16-4-5-20(25)23-14-10-17(11-15-23)21(26)24-12-2-1-3-13-24/h6-9,17H,1-5,10-16H2. The molecule has 0 spiro atoms. The third-order valence-electron chi connectivity index (χ3n) is 5.48. The van der Waals surface area contributed by atoms with Crippen LogP contribution in [0.15, 0.2) is 29.2 Å². The molecule has 0 unspecified atom stereocenters. The van der Waals surface area contributed by atoms with Gasteiger partial charge in [-0.2, -0.15) is 0 Å². The number of carbonyl (C=O) groups excluding carboxylic acids is 2. The fraction of sp³-hybridized carbons (Fsp3) is 0.619. The number of hydrogen-bond acceptors (Lipinski definition) is 3. The van der Waals surface area contributed by atoms with Gasteiger partial charge in [0.05, 0.1) is 0 Å². The SMILES string of the molecule is O=C(CCCSc1ccc(Cl)cc1)N1CCC(C(=O)N2CCCCC2)CC1. The number of likely N-dealkylation sites (tertiary alicyclic amines) is 2. The number of thioether (sulfide) groups is 1. The topological polar surface area (TPSA) is 40.6 Å². The molecule has 2 saturated heterocycles. The van der Waals surface area contributed by atoms with E-state index < -0.39 is 0 Å². The van der Waals surface area contributed by atoms with Crippen molar-refractivity contribution in [3.05, 3.63) is 29.3 Å². The van der Waals surface area contributed by atoms with E-state index >= 15 is 0 Å². The normalized spacial score (nSPS) is 18.6. The maximum absolute atomic E-state index is 12.6. The Morgan fingerprint density at radius 1 is 0.963 bits per heavy atom. The minimum absolute atomic E-state index is 0.118. The molecule has 3 rings (SSSR count). The third-order valence-corrected chi connectivity index (χ3v) is 6.83. The van der Waals surface area contributed by atoms with Gasteiger partial charge in [0.2, 0.25) is 11.8 Å². The number of amides is 2. The van der Waals surface area contributed by atoms with Crippen LogP contribution in [0.4, 0.5) is 0 Å². The highest BCUT2D eigenvalue weighted by molar-refractivity contribution is 7.99. The average Bonchev–Trinajstić information content (AvgIpc) is 2.72. The van der Waals surface area contributed by atoms with Gasteiger partial charge < -0.3 is 9.80 Å². The third kappa shape index (κ3) is 6.15. The zero-order chi connectivity index (χ0) is 19.1. The molecule has 0 radical (unpaired) electrons. The lowest BCUT2D eigenvalue weighted by molar-refractivity contribution is -0.141. The molecule has 2 amide bonds. The van der Waals surface area contributed by atoms with Crippen LogP contribution in [0.2, 0.25) is 5.02 Å². The van der Waals surface area contributed by atoms with Crippen LogP contribution in [0.3, 0.4) is 0 Å². The Kier molecular flexibility index (Phi) is 7.89. The second-order valence-corrected chi connectivity index (χ2v) is 9.05. The Labute approximate surface area is 171 Å². The highest BCUT2D eigenvalue weighted by Gasteiger charge is 2.30. The van der Waals surface area contributed by atoms with E-state index in [2.05, 4.69) is 0 Å². The van der Waals surface area contributed by atoms with Crippen LogP contribution in [0.1, 0.15) is 44.9 Å². The van der Waals surface area contributed by atoms with Gasteiger partial charge >= 0.3 is 0 Å². The van der Waals surface area contributed by atoms with Gasteiger partial charge in [-0.15, -0.1) is 11.8 Å². The first kappa shape index (κ1) is 20.5. The summed E-state index contributed by atoms with van der Waals surface area (Å²) in [6.07, 6.45) is 6.62. The maximum atomic E-state index is 12.6. The van der Waals surface area contributed by atoms with Gasteiger partial charge in [-0.1, -0.05) is 11.6 Å². The second-order valence-electron chi connectivity index (χ2n) is 7.45. The number of nitrogens with zero attached hydrogens (tertiary/aromatic N) is 2. The minimum atomic E-state index is 0.118. The van der Waals surface area contributed by atoms with Crippen LogP contribution in [0.5, 0.6) is 0 Å². The summed E-state index contributed by atoms with van der Waals surface area (Å²) in [5.41, 5.74) is 0. The lowest BCUT2D eigenvalue weighted by atomic mass is 9.94. The Bertz CT molecular complexity index is 624. The zero-order valence-electron chi connectivity index (χ0n) is 15.9. The van der Waals surface area contributed by atoms with Crippen LogP contribution >= 0.6 is 23.4 Å². The van der Waals surface area contributed by atoms with Gasteiger partial charge in [-0.05, 0) is 68.5 Å². The number of carbonyl (C=O) groups is 2. The molecule has 148 valence electrons. The van der Waals surface area contributed by atoms with E-state index in [1.54, 1.807) is 11.8 Å². The van der Waals surface area contributed by atoms with Crippen molar-refractivity contribution in [2.24, 2.45) is 5.92 Å². The van der Waals surface area contributed by atoms with E-state index in [4.69, 9.17) is 11.6 Å². The molecule has 2 heterocycles. The Hall–Kier alpha value is -1.20. The molecule has 0 bridgehead atoms. The van der Waals surface area contributed by atoms with Gasteiger partial charge in [-0.25, -0.2) is 0 Å². The summed E-state index contributed by atoms with van der Waals surface area (Å²) in [6, 6.07) is 7.81. The first-order valence-corrected chi connectivity index (χ1v) is 11.4. The van der Waals surface area contributed by atoms with Crippen LogP contribution in [-0.4, -0.2) is 53.5 Å². The number of hydrogen-bond donors (Lipinski definition) is 0. The first-order valence-electron chi connectivity index (χ1n) is 10.1. The van der Waals surface area contributed by atoms with E-state index in [1.807, 2.05) is 34.1 Å². The Morgan fingerprint density at radius 3 is 2.30 bits per heavy atom. The zero-order valence-corrected chi connectivity index (χ0v) is 17.4. The highest BCUT2D eigenvalue weighted by Crippen LogP contribution is 2.24. The van der Waals surface area contributed by atoms with Crippen molar-refractivity contribution in [1.82, 2.24) is 9.80 Å². The summed E-state index contributed by atoms with van der Waals surface area (Å²) in [7, 11) is 0. The molecule has 27 heavy (non-hydrogen) atoms. The number of rotatable bonds is 6. The van der Waals surface area contributed by atoms with Crippen LogP contribution in [0, 0.1) is 5.92 Å². The maximum Gasteiger partial charge on any atom is 0.225 e. The molecule has 2 aliphatic heterocycles. The van der Waals surface area contributed by atoms with Gasteiger partial charge in [0.1, 0.15) is 0 Å². The van der Waals surface area contributed by atoms with Crippen molar-refractivity contribution in [3.63, 3.8) is 0 Å². The highest BCUT2D eigenvalue weighted by atomic mass is 35.5. The summed E-state index contributed by atoms with van der Waals surface area (Å²) in [4.78, 5) is 30.2. The Morgan fingerprint density at radius 2 is 1.63 bits per heavy atom. The summed E-state index contributed by atoms with van der Waals surface area (Å²) >= 11 is 7.65. The predicted molar refractivity (Wildman–Crippen MR) is 111 cm³/mol. The van der Waals surface area contributed by atoms with Crippen molar-refractivity contribution in [1.29, 1.82) is 0 Å². The Balaban J connectivity index is 1.33. The molecule has 0 N–H and O–H groups in total. The van der Waals surface area contributed by atoms with E-state index in [1.165, 1.54) is 11.3 Å². The second kappa shape index (κ2) is 10.4. The van der Waals surface area contributed by atoms with Crippen LogP contribution in [-0.2, 0) is 9.59 Å². The lowest BCUT2D eigenvalue weighted by Crippen LogP contribution is -2.45. The minimum Gasteiger partial charge on any atom is -0.343 e. The largest absolute Gasteiger partial charge is 0.343 e. The quantitative estimate of drug-likeness (QED) is 0.515.